The number of aliphatic carboxylic acids is 2. The van der Waals surface area contributed by atoms with Gasteiger partial charge in [0, 0.05) is 34.6 Å². The maximum absolute atomic E-state index is 11.4. The first-order valence-electron chi connectivity index (χ1n) is 11.7. The summed E-state index contributed by atoms with van der Waals surface area (Å²) in [4.78, 5) is 39.3. The number of pyridine rings is 1. The third-order valence-electron chi connectivity index (χ3n) is 5.69. The van der Waals surface area contributed by atoms with Gasteiger partial charge in [0.05, 0.1) is 5.69 Å². The van der Waals surface area contributed by atoms with E-state index >= 15 is 0 Å². The average molecular weight is 621 g/mol. The molecule has 0 saturated carbocycles. The van der Waals surface area contributed by atoms with Gasteiger partial charge in [-0.05, 0) is 45.1 Å². The number of halogens is 4. The lowest BCUT2D eigenvalue weighted by Crippen LogP contribution is -2.37. The summed E-state index contributed by atoms with van der Waals surface area (Å²) in [6, 6.07) is 19.3. The Labute approximate surface area is 234 Å². The van der Waals surface area contributed by atoms with E-state index < -0.39 is 30.1 Å². The molecule has 0 aliphatic rings. The minimum atomic E-state index is -5.08. The van der Waals surface area contributed by atoms with Crippen LogP contribution in [0.4, 0.5) is 13.2 Å². The largest absolute Gasteiger partial charge is 0.490 e. The van der Waals surface area contributed by atoms with Crippen LogP contribution in [0.25, 0.3) is 33.4 Å². The summed E-state index contributed by atoms with van der Waals surface area (Å²) in [6.45, 7) is 0.364. The Morgan fingerprint density at radius 3 is 2.20 bits per heavy atom. The number of aromatic nitrogens is 2. The van der Waals surface area contributed by atoms with E-state index in [4.69, 9.17) is 15.6 Å². The lowest BCUT2D eigenvalue weighted by Gasteiger charge is -2.14. The second-order valence-electron chi connectivity index (χ2n) is 8.57. The molecule has 1 unspecified atom stereocenters. The molecule has 1 atom stereocenters. The van der Waals surface area contributed by atoms with E-state index in [9.17, 15) is 27.9 Å². The van der Waals surface area contributed by atoms with Crippen molar-refractivity contribution < 1.29 is 37.8 Å². The summed E-state index contributed by atoms with van der Waals surface area (Å²) in [5, 5.41) is 20.5. The van der Waals surface area contributed by atoms with Crippen molar-refractivity contribution in [2.45, 2.75) is 31.6 Å². The second kappa shape index (κ2) is 13.2. The quantitative estimate of drug-likeness (QED) is 0.174. The zero-order valence-corrected chi connectivity index (χ0v) is 22.3. The van der Waals surface area contributed by atoms with Crippen molar-refractivity contribution in [2.24, 2.45) is 5.73 Å². The van der Waals surface area contributed by atoms with Crippen molar-refractivity contribution in [3.63, 3.8) is 0 Å². The first kappa shape index (κ1) is 30.3. The number of H-pyrrole nitrogens is 1. The van der Waals surface area contributed by atoms with Gasteiger partial charge in [0.1, 0.15) is 11.7 Å². The topological polar surface area (TPSA) is 158 Å². The lowest BCUT2D eigenvalue weighted by atomic mass is 9.98. The monoisotopic (exact) mass is 620 g/mol. The number of carbonyl (C=O) groups excluding carboxylic acids is 1. The maximum Gasteiger partial charge on any atom is 0.490 e. The zero-order chi connectivity index (χ0) is 29.4. The Morgan fingerprint density at radius 2 is 1.65 bits per heavy atom. The zero-order valence-electron chi connectivity index (χ0n) is 20.7. The number of carboxylic acids is 2. The molecule has 1 amide bonds. The minimum absolute atomic E-state index is 0.0231. The number of hydrogen-bond donors (Lipinski definition) is 5. The van der Waals surface area contributed by atoms with E-state index in [2.05, 4.69) is 43.3 Å². The number of primary amides is 1. The normalized spacial score (nSPS) is 11.9. The number of aromatic amines is 1. The molecule has 0 fully saturated rings. The van der Waals surface area contributed by atoms with Crippen molar-refractivity contribution in [1.29, 1.82) is 0 Å². The number of hydrogen-bond acceptors (Lipinski definition) is 5. The standard InChI is InChI=1S/C25H23BrN4O3.C2HF3O2/c26-18-12-19-22(23(30-24(19)29-14-18)17-4-2-1-3-5-17)16-8-6-15(7-9-16)13-28-20(25(32)33)10-11-21(27)31;3-2(4,5)1(6)7/h1-9,12,14,20,28H,10-11,13H2,(H2,27,31)(H,29,30)(H,32,33);(H,6,7). The van der Waals surface area contributed by atoms with Gasteiger partial charge >= 0.3 is 18.1 Å². The highest BCUT2D eigenvalue weighted by atomic mass is 79.9. The van der Waals surface area contributed by atoms with Crippen molar-refractivity contribution in [1.82, 2.24) is 15.3 Å². The number of benzene rings is 2. The predicted molar refractivity (Wildman–Crippen MR) is 145 cm³/mol. The van der Waals surface area contributed by atoms with Crippen LogP contribution in [0.3, 0.4) is 0 Å². The minimum Gasteiger partial charge on any atom is -0.480 e. The number of nitrogens with zero attached hydrogens (tertiary/aromatic N) is 1. The van der Waals surface area contributed by atoms with Crippen LogP contribution in [0.5, 0.6) is 0 Å². The molecule has 4 rings (SSSR count). The number of fused-ring (bicyclic) bond motifs is 1. The predicted octanol–water partition coefficient (Wildman–Crippen LogP) is 5.10. The van der Waals surface area contributed by atoms with Gasteiger partial charge in [0.2, 0.25) is 5.91 Å². The van der Waals surface area contributed by atoms with Gasteiger partial charge in [-0.3, -0.25) is 9.59 Å². The average Bonchev–Trinajstić information content (AvgIpc) is 3.27. The molecule has 0 bridgehead atoms. The lowest BCUT2D eigenvalue weighted by molar-refractivity contribution is -0.192. The van der Waals surface area contributed by atoms with Crippen molar-refractivity contribution >= 4 is 44.8 Å². The number of carbonyl (C=O) groups is 3. The third kappa shape index (κ3) is 8.13. The van der Waals surface area contributed by atoms with Gasteiger partial charge in [-0.15, -0.1) is 0 Å². The molecule has 6 N–H and O–H groups in total. The molecular formula is C27H24BrF3N4O5. The summed E-state index contributed by atoms with van der Waals surface area (Å²) >= 11 is 3.52. The van der Waals surface area contributed by atoms with E-state index in [1.54, 1.807) is 6.20 Å². The van der Waals surface area contributed by atoms with E-state index in [0.717, 1.165) is 43.5 Å². The Hall–Kier alpha value is -4.23. The third-order valence-corrected chi connectivity index (χ3v) is 6.13. The molecule has 210 valence electrons. The van der Waals surface area contributed by atoms with Crippen LogP contribution in [0.1, 0.15) is 18.4 Å². The Kier molecular flexibility index (Phi) is 10.0. The van der Waals surface area contributed by atoms with E-state index in [1.807, 2.05) is 48.5 Å². The van der Waals surface area contributed by atoms with Gasteiger partial charge in [-0.25, -0.2) is 9.78 Å². The molecule has 40 heavy (non-hydrogen) atoms. The van der Waals surface area contributed by atoms with E-state index in [-0.39, 0.29) is 12.8 Å². The highest BCUT2D eigenvalue weighted by Crippen LogP contribution is 2.38. The maximum atomic E-state index is 11.4. The number of alkyl halides is 3. The van der Waals surface area contributed by atoms with Crippen LogP contribution < -0.4 is 11.1 Å². The number of nitrogens with two attached hydrogens (primary N) is 1. The highest BCUT2D eigenvalue weighted by Gasteiger charge is 2.38. The summed E-state index contributed by atoms with van der Waals surface area (Å²) < 4.78 is 32.6. The van der Waals surface area contributed by atoms with E-state index in [1.165, 1.54) is 0 Å². The molecule has 0 saturated heterocycles. The fourth-order valence-corrected chi connectivity index (χ4v) is 4.13. The summed E-state index contributed by atoms with van der Waals surface area (Å²) in [5.41, 5.74) is 11.0. The fraction of sp³-hybridized carbons (Fsp3) is 0.185. The Balaban J connectivity index is 0.000000559. The van der Waals surface area contributed by atoms with Crippen LogP contribution in [-0.2, 0) is 20.9 Å². The van der Waals surface area contributed by atoms with Gasteiger partial charge in [-0.1, -0.05) is 54.6 Å². The molecule has 0 spiro atoms. The molecule has 2 aromatic heterocycles. The SMILES string of the molecule is NC(=O)CCC(NCc1ccc(-c2c(-c3ccccc3)[nH]c3ncc(Br)cc23)cc1)C(=O)O.O=C(O)C(F)(F)F. The van der Waals surface area contributed by atoms with Gasteiger partial charge in [-0.2, -0.15) is 13.2 Å². The number of carboxylic acid groups (broad SMARTS) is 2. The summed E-state index contributed by atoms with van der Waals surface area (Å²) in [7, 11) is 0. The van der Waals surface area contributed by atoms with E-state index in [0.29, 0.717) is 6.54 Å². The van der Waals surface area contributed by atoms with Crippen LogP contribution >= 0.6 is 15.9 Å². The van der Waals surface area contributed by atoms with Crippen molar-refractivity contribution in [2.75, 3.05) is 0 Å². The molecule has 9 nitrogen and oxygen atoms in total. The molecule has 2 heterocycles. The molecular weight excluding hydrogens is 597 g/mol. The van der Waals surface area contributed by atoms with Gasteiger partial charge < -0.3 is 26.2 Å². The smallest absolute Gasteiger partial charge is 0.480 e. The van der Waals surface area contributed by atoms with Crippen LogP contribution in [0.15, 0.2) is 71.3 Å². The van der Waals surface area contributed by atoms with Gasteiger partial charge in [0.15, 0.2) is 0 Å². The van der Waals surface area contributed by atoms with Crippen LogP contribution in [0.2, 0.25) is 0 Å². The van der Waals surface area contributed by atoms with Crippen LogP contribution in [-0.4, -0.2) is 50.2 Å². The molecule has 2 aromatic carbocycles. The second-order valence-corrected chi connectivity index (χ2v) is 9.48. The number of amides is 1. The molecule has 0 aliphatic heterocycles. The van der Waals surface area contributed by atoms with Crippen molar-refractivity contribution in [3.8, 4) is 22.4 Å². The molecule has 4 aromatic rings. The summed E-state index contributed by atoms with van der Waals surface area (Å²) in [6.07, 6.45) is -3.14. The van der Waals surface area contributed by atoms with Gasteiger partial charge in [0.25, 0.3) is 0 Å². The number of rotatable bonds is 9. The van der Waals surface area contributed by atoms with Crippen molar-refractivity contribution in [3.05, 3.63) is 76.9 Å². The first-order valence-corrected chi connectivity index (χ1v) is 12.5. The summed E-state index contributed by atoms with van der Waals surface area (Å²) in [5.74, 6) is -4.27. The molecule has 0 radical (unpaired) electrons. The van der Waals surface area contributed by atoms with Crippen LogP contribution in [0, 0.1) is 0 Å². The number of nitrogens with one attached hydrogen (secondary N) is 2. The fourth-order valence-electron chi connectivity index (χ4n) is 3.80. The Bertz CT molecular complexity index is 1490. The Morgan fingerprint density at radius 1 is 1.02 bits per heavy atom. The highest BCUT2D eigenvalue weighted by molar-refractivity contribution is 9.10. The molecule has 0 aliphatic carbocycles. The molecule has 13 heteroatoms. The first-order chi connectivity index (χ1) is 18.9.